The molecular weight excluding hydrogens is 289 g/mol. The molecule has 1 aromatic heterocycles. The standard InChI is InChI=1S/C13H9F3N2O3/c14-13(15,16)11-4-2-8(6-17-11)18-12(21)7-1-3-9(19)10(20)5-7/h1-6,19-20H,(H,18,21). The van der Waals surface area contributed by atoms with Crippen molar-refractivity contribution in [1.82, 2.24) is 4.98 Å². The molecule has 110 valence electrons. The molecule has 0 aliphatic heterocycles. The maximum atomic E-state index is 12.3. The van der Waals surface area contributed by atoms with E-state index in [0.29, 0.717) is 0 Å². The lowest BCUT2D eigenvalue weighted by atomic mass is 10.2. The summed E-state index contributed by atoms with van der Waals surface area (Å²) in [7, 11) is 0. The summed E-state index contributed by atoms with van der Waals surface area (Å²) in [4.78, 5) is 15.0. The third-order valence-electron chi connectivity index (χ3n) is 2.55. The second kappa shape index (κ2) is 5.31. The number of amides is 1. The first kappa shape index (κ1) is 14.6. The van der Waals surface area contributed by atoms with Crippen LogP contribution < -0.4 is 5.32 Å². The molecule has 0 saturated heterocycles. The van der Waals surface area contributed by atoms with Gasteiger partial charge in [0.25, 0.3) is 5.91 Å². The van der Waals surface area contributed by atoms with E-state index in [-0.39, 0.29) is 17.0 Å². The SMILES string of the molecule is O=C(Nc1ccc(C(F)(F)F)nc1)c1ccc(O)c(O)c1. The van der Waals surface area contributed by atoms with Gasteiger partial charge in [-0.1, -0.05) is 0 Å². The first-order valence-electron chi connectivity index (χ1n) is 5.64. The number of hydrogen-bond acceptors (Lipinski definition) is 4. The monoisotopic (exact) mass is 298 g/mol. The summed E-state index contributed by atoms with van der Waals surface area (Å²) in [6.45, 7) is 0. The van der Waals surface area contributed by atoms with Crippen LogP contribution >= 0.6 is 0 Å². The van der Waals surface area contributed by atoms with Crippen LogP contribution in [0.25, 0.3) is 0 Å². The Morgan fingerprint density at radius 1 is 1.10 bits per heavy atom. The second-order valence-corrected chi connectivity index (χ2v) is 4.09. The number of alkyl halides is 3. The van der Waals surface area contributed by atoms with Crippen LogP contribution in [0.1, 0.15) is 16.1 Å². The van der Waals surface area contributed by atoms with Gasteiger partial charge in [-0.2, -0.15) is 13.2 Å². The van der Waals surface area contributed by atoms with Crippen LogP contribution in [-0.2, 0) is 6.18 Å². The topological polar surface area (TPSA) is 82.5 Å². The van der Waals surface area contributed by atoms with Crippen LogP contribution in [0, 0.1) is 0 Å². The van der Waals surface area contributed by atoms with E-state index in [1.54, 1.807) is 0 Å². The number of rotatable bonds is 2. The summed E-state index contributed by atoms with van der Waals surface area (Å²) in [5.74, 6) is -1.53. The number of carbonyl (C=O) groups is 1. The van der Waals surface area contributed by atoms with Crippen molar-refractivity contribution in [2.24, 2.45) is 0 Å². The third-order valence-corrected chi connectivity index (χ3v) is 2.55. The molecule has 1 heterocycles. The number of carbonyl (C=O) groups excluding carboxylic acids is 1. The van der Waals surface area contributed by atoms with E-state index in [0.717, 1.165) is 30.5 Å². The van der Waals surface area contributed by atoms with Gasteiger partial charge in [0.2, 0.25) is 0 Å². The summed E-state index contributed by atoms with van der Waals surface area (Å²) < 4.78 is 37.0. The predicted octanol–water partition coefficient (Wildman–Crippen LogP) is 2.76. The molecule has 0 spiro atoms. The Morgan fingerprint density at radius 3 is 2.33 bits per heavy atom. The van der Waals surface area contributed by atoms with Crippen molar-refractivity contribution >= 4 is 11.6 Å². The number of anilines is 1. The van der Waals surface area contributed by atoms with Gasteiger partial charge in [-0.15, -0.1) is 0 Å². The van der Waals surface area contributed by atoms with Crippen molar-refractivity contribution in [3.8, 4) is 11.5 Å². The molecule has 0 radical (unpaired) electrons. The Balaban J connectivity index is 2.14. The molecule has 21 heavy (non-hydrogen) atoms. The van der Waals surface area contributed by atoms with E-state index in [2.05, 4.69) is 10.3 Å². The Bertz CT molecular complexity index is 669. The molecule has 0 unspecified atom stereocenters. The van der Waals surface area contributed by atoms with Crippen molar-refractivity contribution in [3.05, 3.63) is 47.8 Å². The van der Waals surface area contributed by atoms with Crippen LogP contribution in [0.3, 0.4) is 0 Å². The number of pyridine rings is 1. The summed E-state index contributed by atoms with van der Waals surface area (Å²) in [5, 5.41) is 20.7. The molecule has 8 heteroatoms. The summed E-state index contributed by atoms with van der Waals surface area (Å²) in [5.41, 5.74) is -0.964. The lowest BCUT2D eigenvalue weighted by Gasteiger charge is -2.08. The normalized spacial score (nSPS) is 11.2. The minimum absolute atomic E-state index is 0.0326. The Labute approximate surface area is 116 Å². The van der Waals surface area contributed by atoms with Crippen LogP contribution in [-0.4, -0.2) is 21.1 Å². The van der Waals surface area contributed by atoms with Crippen LogP contribution in [0.4, 0.5) is 18.9 Å². The van der Waals surface area contributed by atoms with Crippen molar-refractivity contribution in [3.63, 3.8) is 0 Å². The van der Waals surface area contributed by atoms with Crippen molar-refractivity contribution in [1.29, 1.82) is 0 Å². The van der Waals surface area contributed by atoms with Crippen molar-refractivity contribution in [2.75, 3.05) is 5.32 Å². The average molecular weight is 298 g/mol. The molecule has 1 amide bonds. The number of aromatic hydroxyl groups is 2. The number of phenols is 2. The molecule has 0 aliphatic rings. The van der Waals surface area contributed by atoms with E-state index in [1.165, 1.54) is 6.07 Å². The van der Waals surface area contributed by atoms with E-state index in [4.69, 9.17) is 5.11 Å². The maximum Gasteiger partial charge on any atom is 0.433 e. The summed E-state index contributed by atoms with van der Waals surface area (Å²) in [6.07, 6.45) is -3.67. The number of halogens is 3. The third kappa shape index (κ3) is 3.41. The second-order valence-electron chi connectivity index (χ2n) is 4.09. The molecule has 2 rings (SSSR count). The van der Waals surface area contributed by atoms with Gasteiger partial charge in [-0.3, -0.25) is 4.79 Å². The Morgan fingerprint density at radius 2 is 1.81 bits per heavy atom. The number of nitrogens with zero attached hydrogens (tertiary/aromatic N) is 1. The van der Waals surface area contributed by atoms with Gasteiger partial charge in [-0.25, -0.2) is 4.98 Å². The highest BCUT2D eigenvalue weighted by molar-refractivity contribution is 6.04. The highest BCUT2D eigenvalue weighted by Gasteiger charge is 2.32. The fraction of sp³-hybridized carbons (Fsp3) is 0.0769. The van der Waals surface area contributed by atoms with Crippen LogP contribution in [0.15, 0.2) is 36.5 Å². The summed E-state index contributed by atoms with van der Waals surface area (Å²) >= 11 is 0. The number of nitrogens with one attached hydrogen (secondary N) is 1. The van der Waals surface area contributed by atoms with Gasteiger partial charge in [-0.05, 0) is 30.3 Å². The van der Waals surface area contributed by atoms with E-state index >= 15 is 0 Å². The minimum Gasteiger partial charge on any atom is -0.504 e. The lowest BCUT2D eigenvalue weighted by Crippen LogP contribution is -2.13. The molecule has 5 nitrogen and oxygen atoms in total. The fourth-order valence-corrected chi connectivity index (χ4v) is 1.50. The fourth-order valence-electron chi connectivity index (χ4n) is 1.50. The van der Waals surface area contributed by atoms with Crippen LogP contribution in [0.2, 0.25) is 0 Å². The molecule has 1 aromatic carbocycles. The van der Waals surface area contributed by atoms with Crippen molar-refractivity contribution < 1.29 is 28.2 Å². The Hall–Kier alpha value is -2.77. The zero-order chi connectivity index (χ0) is 15.6. The van der Waals surface area contributed by atoms with Gasteiger partial charge in [0.15, 0.2) is 11.5 Å². The van der Waals surface area contributed by atoms with Gasteiger partial charge >= 0.3 is 6.18 Å². The minimum atomic E-state index is -4.55. The quantitative estimate of drug-likeness (QED) is 0.745. The van der Waals surface area contributed by atoms with Gasteiger partial charge < -0.3 is 15.5 Å². The first-order chi connectivity index (χ1) is 9.77. The molecule has 0 saturated carbocycles. The zero-order valence-electron chi connectivity index (χ0n) is 10.3. The van der Waals surface area contributed by atoms with Crippen molar-refractivity contribution in [2.45, 2.75) is 6.18 Å². The molecule has 3 N–H and O–H groups in total. The van der Waals surface area contributed by atoms with Gasteiger partial charge in [0.1, 0.15) is 5.69 Å². The highest BCUT2D eigenvalue weighted by atomic mass is 19.4. The lowest BCUT2D eigenvalue weighted by molar-refractivity contribution is -0.141. The number of aromatic nitrogens is 1. The first-order valence-corrected chi connectivity index (χ1v) is 5.64. The predicted molar refractivity (Wildman–Crippen MR) is 67.0 cm³/mol. The van der Waals surface area contributed by atoms with Gasteiger partial charge in [0.05, 0.1) is 11.9 Å². The molecule has 0 aliphatic carbocycles. The highest BCUT2D eigenvalue weighted by Crippen LogP contribution is 2.28. The molecule has 0 bridgehead atoms. The number of benzene rings is 1. The van der Waals surface area contributed by atoms with Crippen LogP contribution in [0.5, 0.6) is 11.5 Å². The smallest absolute Gasteiger partial charge is 0.433 e. The van der Waals surface area contributed by atoms with E-state index in [9.17, 15) is 23.1 Å². The molecule has 0 atom stereocenters. The Kier molecular flexibility index (Phi) is 3.70. The largest absolute Gasteiger partial charge is 0.504 e. The zero-order valence-corrected chi connectivity index (χ0v) is 10.3. The maximum absolute atomic E-state index is 12.3. The number of hydrogen-bond donors (Lipinski definition) is 3. The van der Waals surface area contributed by atoms with E-state index < -0.39 is 23.5 Å². The molecule has 2 aromatic rings. The summed E-state index contributed by atoms with van der Waals surface area (Å²) in [6, 6.07) is 5.21. The van der Waals surface area contributed by atoms with Gasteiger partial charge in [0, 0.05) is 5.56 Å². The average Bonchev–Trinajstić information content (AvgIpc) is 2.41. The van der Waals surface area contributed by atoms with E-state index in [1.807, 2.05) is 0 Å². The number of phenolic OH excluding ortho intramolecular Hbond substituents is 2. The molecular formula is C13H9F3N2O3. The molecule has 0 fully saturated rings.